The molecule has 0 unspecified atom stereocenters. The molecule has 0 bridgehead atoms. The van der Waals surface area contributed by atoms with E-state index in [0.29, 0.717) is 6.42 Å². The lowest BCUT2D eigenvalue weighted by Crippen LogP contribution is -2.01. The molecule has 25 heavy (non-hydrogen) atoms. The second-order valence-electron chi connectivity index (χ2n) is 6.49. The Balaban J connectivity index is 1.98. The fourth-order valence-electron chi connectivity index (χ4n) is 3.20. The van der Waals surface area contributed by atoms with Crippen LogP contribution in [0.4, 0.5) is 4.39 Å². The largest absolute Gasteiger partial charge is 0.294 e. The Labute approximate surface area is 148 Å². The molecule has 0 aliphatic heterocycles. The van der Waals surface area contributed by atoms with E-state index < -0.39 is 0 Å². The first-order valence-corrected chi connectivity index (χ1v) is 9.01. The smallest absolute Gasteiger partial charge is 0.163 e. The van der Waals surface area contributed by atoms with Crippen molar-refractivity contribution in [2.24, 2.45) is 0 Å². The predicted octanol–water partition coefficient (Wildman–Crippen LogP) is 6.80. The number of ketones is 1. The zero-order valence-corrected chi connectivity index (χ0v) is 14.6. The van der Waals surface area contributed by atoms with E-state index in [1.54, 1.807) is 12.1 Å². The number of unbranched alkanes of at least 4 members (excludes halogenated alkanes) is 3. The van der Waals surface area contributed by atoms with Crippen molar-refractivity contribution in [2.75, 3.05) is 0 Å². The zero-order chi connectivity index (χ0) is 17.6. The third kappa shape index (κ3) is 4.14. The number of carbonyl (C=O) groups is 1. The van der Waals surface area contributed by atoms with Crippen molar-refractivity contribution in [3.8, 4) is 11.1 Å². The maximum Gasteiger partial charge on any atom is 0.163 e. The summed E-state index contributed by atoms with van der Waals surface area (Å²) in [5, 5.41) is 2.04. The van der Waals surface area contributed by atoms with Crippen LogP contribution >= 0.6 is 0 Å². The molecule has 0 saturated heterocycles. The van der Waals surface area contributed by atoms with Crippen LogP contribution in [0.15, 0.2) is 60.7 Å². The molecule has 0 saturated carbocycles. The maximum atomic E-state index is 13.2. The molecular weight excluding hydrogens is 311 g/mol. The van der Waals surface area contributed by atoms with Gasteiger partial charge in [0.2, 0.25) is 0 Å². The Morgan fingerprint density at radius 3 is 2.40 bits per heavy atom. The van der Waals surface area contributed by atoms with E-state index in [0.717, 1.165) is 46.7 Å². The summed E-state index contributed by atoms with van der Waals surface area (Å²) in [7, 11) is 0. The molecule has 0 aliphatic rings. The molecule has 3 aromatic rings. The fourth-order valence-corrected chi connectivity index (χ4v) is 3.20. The van der Waals surface area contributed by atoms with E-state index in [-0.39, 0.29) is 11.6 Å². The van der Waals surface area contributed by atoms with Gasteiger partial charge < -0.3 is 0 Å². The van der Waals surface area contributed by atoms with E-state index in [2.05, 4.69) is 13.0 Å². The molecule has 128 valence electrons. The van der Waals surface area contributed by atoms with Crippen molar-refractivity contribution in [2.45, 2.75) is 39.0 Å². The van der Waals surface area contributed by atoms with Gasteiger partial charge in [-0.05, 0) is 52.6 Å². The highest BCUT2D eigenvalue weighted by atomic mass is 19.1. The highest BCUT2D eigenvalue weighted by molar-refractivity contribution is 6.09. The van der Waals surface area contributed by atoms with E-state index in [4.69, 9.17) is 0 Å². The molecule has 0 atom stereocenters. The predicted molar refractivity (Wildman–Crippen MR) is 102 cm³/mol. The van der Waals surface area contributed by atoms with Gasteiger partial charge in [0.1, 0.15) is 5.82 Å². The molecule has 1 nitrogen and oxygen atoms in total. The second kappa shape index (κ2) is 8.06. The summed E-state index contributed by atoms with van der Waals surface area (Å²) in [6.07, 6.45) is 4.94. The van der Waals surface area contributed by atoms with Crippen LogP contribution in [0.5, 0.6) is 0 Å². The number of benzene rings is 3. The van der Waals surface area contributed by atoms with Gasteiger partial charge in [0.25, 0.3) is 0 Å². The lowest BCUT2D eigenvalue weighted by Gasteiger charge is -2.10. The Morgan fingerprint density at radius 1 is 0.880 bits per heavy atom. The van der Waals surface area contributed by atoms with E-state index in [1.165, 1.54) is 18.6 Å². The van der Waals surface area contributed by atoms with Gasteiger partial charge in [-0.2, -0.15) is 0 Å². The molecular formula is C23H23FO. The van der Waals surface area contributed by atoms with E-state index in [1.807, 2.05) is 30.3 Å². The first kappa shape index (κ1) is 17.3. The average molecular weight is 334 g/mol. The molecule has 3 aromatic carbocycles. The number of fused-ring (bicyclic) bond motifs is 1. The van der Waals surface area contributed by atoms with Crippen LogP contribution in [0.25, 0.3) is 21.9 Å². The number of halogens is 1. The normalized spacial score (nSPS) is 11.0. The number of rotatable bonds is 7. The molecule has 0 aliphatic carbocycles. The van der Waals surface area contributed by atoms with E-state index >= 15 is 0 Å². The molecule has 0 heterocycles. The highest BCUT2D eigenvalue weighted by Crippen LogP contribution is 2.29. The summed E-state index contributed by atoms with van der Waals surface area (Å²) in [4.78, 5) is 12.8. The SMILES string of the molecule is CCCCCCC(=O)c1cc(-c2ccc(F)cc2)cc2ccccc12. The summed E-state index contributed by atoms with van der Waals surface area (Å²) >= 11 is 0. The molecule has 2 heteroatoms. The number of carbonyl (C=O) groups excluding carboxylic acids is 1. The monoisotopic (exact) mass is 334 g/mol. The Morgan fingerprint density at radius 2 is 1.64 bits per heavy atom. The van der Waals surface area contributed by atoms with Gasteiger partial charge in [0, 0.05) is 12.0 Å². The van der Waals surface area contributed by atoms with Crippen LogP contribution in [0.2, 0.25) is 0 Å². The Kier molecular flexibility index (Phi) is 5.60. The van der Waals surface area contributed by atoms with Gasteiger partial charge in [-0.25, -0.2) is 4.39 Å². The van der Waals surface area contributed by atoms with Crippen LogP contribution in [-0.4, -0.2) is 5.78 Å². The summed E-state index contributed by atoms with van der Waals surface area (Å²) in [5.41, 5.74) is 2.65. The minimum Gasteiger partial charge on any atom is -0.294 e. The summed E-state index contributed by atoms with van der Waals surface area (Å²) in [6, 6.07) is 18.4. The van der Waals surface area contributed by atoms with Crippen molar-refractivity contribution >= 4 is 16.6 Å². The second-order valence-corrected chi connectivity index (χ2v) is 6.49. The van der Waals surface area contributed by atoms with Gasteiger partial charge in [-0.1, -0.05) is 62.6 Å². The van der Waals surface area contributed by atoms with Crippen molar-refractivity contribution in [3.05, 3.63) is 72.0 Å². The first-order chi connectivity index (χ1) is 12.2. The standard InChI is InChI=1S/C23H23FO/c1-2-3-4-5-10-23(25)22-16-19(17-11-13-20(24)14-12-17)15-18-8-6-7-9-21(18)22/h6-9,11-16H,2-5,10H2,1H3. The van der Waals surface area contributed by atoms with Crippen LogP contribution in [0.3, 0.4) is 0 Å². The average Bonchev–Trinajstić information content (AvgIpc) is 2.65. The minimum atomic E-state index is -0.253. The minimum absolute atomic E-state index is 0.191. The molecule has 0 amide bonds. The van der Waals surface area contributed by atoms with Gasteiger partial charge >= 0.3 is 0 Å². The van der Waals surface area contributed by atoms with Gasteiger partial charge in [-0.3, -0.25) is 4.79 Å². The highest BCUT2D eigenvalue weighted by Gasteiger charge is 2.12. The summed E-state index contributed by atoms with van der Waals surface area (Å²) in [6.45, 7) is 2.17. The van der Waals surface area contributed by atoms with Crippen LogP contribution in [0, 0.1) is 5.82 Å². The third-order valence-corrected chi connectivity index (χ3v) is 4.60. The van der Waals surface area contributed by atoms with Crippen molar-refractivity contribution in [3.63, 3.8) is 0 Å². The number of hydrogen-bond donors (Lipinski definition) is 0. The number of Topliss-reactive ketones (excluding diaryl/α,β-unsaturated/α-hetero) is 1. The molecule has 0 radical (unpaired) electrons. The maximum absolute atomic E-state index is 13.2. The van der Waals surface area contributed by atoms with E-state index in [9.17, 15) is 9.18 Å². The molecule has 0 N–H and O–H groups in total. The van der Waals surface area contributed by atoms with Crippen LogP contribution in [0.1, 0.15) is 49.4 Å². The lowest BCUT2D eigenvalue weighted by molar-refractivity contribution is 0.0981. The molecule has 0 fully saturated rings. The molecule has 3 rings (SSSR count). The fraction of sp³-hybridized carbons (Fsp3) is 0.261. The quantitative estimate of drug-likeness (QED) is 0.343. The lowest BCUT2D eigenvalue weighted by atomic mass is 9.93. The van der Waals surface area contributed by atoms with Crippen molar-refractivity contribution < 1.29 is 9.18 Å². The topological polar surface area (TPSA) is 17.1 Å². The first-order valence-electron chi connectivity index (χ1n) is 9.01. The van der Waals surface area contributed by atoms with Crippen LogP contribution in [-0.2, 0) is 0 Å². The molecule has 0 aromatic heterocycles. The van der Waals surface area contributed by atoms with Crippen molar-refractivity contribution in [1.29, 1.82) is 0 Å². The molecule has 0 spiro atoms. The third-order valence-electron chi connectivity index (χ3n) is 4.60. The van der Waals surface area contributed by atoms with Crippen LogP contribution < -0.4 is 0 Å². The zero-order valence-electron chi connectivity index (χ0n) is 14.6. The van der Waals surface area contributed by atoms with Gasteiger partial charge in [-0.15, -0.1) is 0 Å². The van der Waals surface area contributed by atoms with Gasteiger partial charge in [0.05, 0.1) is 0 Å². The Hall–Kier alpha value is -2.48. The summed E-state index contributed by atoms with van der Waals surface area (Å²) < 4.78 is 13.2. The number of hydrogen-bond acceptors (Lipinski definition) is 1. The summed E-state index contributed by atoms with van der Waals surface area (Å²) in [5.74, 6) is -0.0620. The van der Waals surface area contributed by atoms with Gasteiger partial charge in [0.15, 0.2) is 5.78 Å². The Bertz CT molecular complexity index is 865. The van der Waals surface area contributed by atoms with Crippen molar-refractivity contribution in [1.82, 2.24) is 0 Å².